The average molecular weight is 452 g/mol. The molecular formula is C22H19F3O5S. The average Bonchev–Trinajstić information content (AvgIpc) is 2.89. The molecule has 0 radical (unpaired) electrons. The molecule has 31 heavy (non-hydrogen) atoms. The molecule has 0 unspecified atom stereocenters. The molecule has 0 N–H and O–H groups in total. The lowest BCUT2D eigenvalue weighted by Crippen LogP contribution is -2.29. The van der Waals surface area contributed by atoms with E-state index in [2.05, 4.69) is 0 Å². The van der Waals surface area contributed by atoms with Crippen LogP contribution in [0.5, 0.6) is 0 Å². The fourth-order valence-corrected chi connectivity index (χ4v) is 3.84. The van der Waals surface area contributed by atoms with Crippen LogP contribution in [0.2, 0.25) is 0 Å². The molecule has 0 amide bonds. The quantitative estimate of drug-likeness (QED) is 0.636. The summed E-state index contributed by atoms with van der Waals surface area (Å²) in [6.07, 6.45) is -3.69. The van der Waals surface area contributed by atoms with Crippen LogP contribution in [0.15, 0.2) is 47.4 Å². The number of halogens is 3. The van der Waals surface area contributed by atoms with Crippen LogP contribution in [0.1, 0.15) is 47.8 Å². The fraction of sp³-hybridized carbons (Fsp3) is 0.273. The second-order valence-corrected chi connectivity index (χ2v) is 9.81. The molecule has 9 heteroatoms. The van der Waals surface area contributed by atoms with Crippen molar-refractivity contribution in [3.05, 3.63) is 64.7 Å². The van der Waals surface area contributed by atoms with Gasteiger partial charge in [0.1, 0.15) is 5.76 Å². The van der Waals surface area contributed by atoms with Gasteiger partial charge >= 0.3 is 6.18 Å². The number of hydrogen-bond acceptors (Lipinski definition) is 5. The molecule has 0 aliphatic carbocycles. The highest BCUT2D eigenvalue weighted by atomic mass is 32.2. The van der Waals surface area contributed by atoms with Crippen LogP contribution in [-0.2, 0) is 25.5 Å². The van der Waals surface area contributed by atoms with Gasteiger partial charge in [-0.1, -0.05) is 0 Å². The third kappa shape index (κ3) is 4.41. The lowest BCUT2D eigenvalue weighted by atomic mass is 9.90. The normalized spacial score (nSPS) is 16.4. The molecule has 0 atom stereocenters. The molecule has 0 saturated carbocycles. The van der Waals surface area contributed by atoms with Crippen molar-refractivity contribution in [2.45, 2.75) is 37.4 Å². The van der Waals surface area contributed by atoms with Crippen LogP contribution in [-0.4, -0.2) is 31.8 Å². The van der Waals surface area contributed by atoms with E-state index in [1.54, 1.807) is 0 Å². The van der Waals surface area contributed by atoms with Gasteiger partial charge in [-0.15, -0.1) is 0 Å². The highest BCUT2D eigenvalue weighted by Crippen LogP contribution is 2.43. The minimum Gasteiger partial charge on any atom is -0.478 e. The van der Waals surface area contributed by atoms with Crippen LogP contribution in [0.25, 0.3) is 11.3 Å². The van der Waals surface area contributed by atoms with Gasteiger partial charge in [0, 0.05) is 17.4 Å². The zero-order valence-corrected chi connectivity index (χ0v) is 17.9. The third-order valence-electron chi connectivity index (χ3n) is 4.86. The molecule has 0 fully saturated rings. The van der Waals surface area contributed by atoms with Crippen LogP contribution in [0.3, 0.4) is 0 Å². The second-order valence-electron chi connectivity index (χ2n) is 7.80. The van der Waals surface area contributed by atoms with Crippen LogP contribution < -0.4 is 0 Å². The zero-order valence-electron chi connectivity index (χ0n) is 17.1. The summed E-state index contributed by atoms with van der Waals surface area (Å²) >= 11 is 0. The van der Waals surface area contributed by atoms with Crippen molar-refractivity contribution in [2.75, 3.05) is 6.26 Å². The first-order valence-corrected chi connectivity index (χ1v) is 11.0. The van der Waals surface area contributed by atoms with Crippen molar-refractivity contribution in [3.8, 4) is 0 Å². The summed E-state index contributed by atoms with van der Waals surface area (Å²) in [5.41, 5.74) is -2.50. The van der Waals surface area contributed by atoms with Gasteiger partial charge in [-0.25, -0.2) is 8.42 Å². The fourth-order valence-electron chi connectivity index (χ4n) is 3.21. The van der Waals surface area contributed by atoms with Crippen LogP contribution in [0, 0.1) is 0 Å². The van der Waals surface area contributed by atoms with E-state index in [1.807, 2.05) is 0 Å². The predicted octanol–water partition coefficient (Wildman–Crippen LogP) is 4.56. The van der Waals surface area contributed by atoms with Crippen molar-refractivity contribution in [2.24, 2.45) is 0 Å². The molecule has 5 nitrogen and oxygen atoms in total. The molecule has 1 heterocycles. The van der Waals surface area contributed by atoms with Crippen LogP contribution >= 0.6 is 0 Å². The van der Waals surface area contributed by atoms with Gasteiger partial charge in [0.2, 0.25) is 5.78 Å². The number of benzene rings is 2. The lowest BCUT2D eigenvalue weighted by Gasteiger charge is -2.18. The molecule has 0 aromatic heterocycles. The largest absolute Gasteiger partial charge is 0.478 e. The predicted molar refractivity (Wildman–Crippen MR) is 108 cm³/mol. The Balaban J connectivity index is 2.28. The molecule has 2 aromatic carbocycles. The zero-order chi connectivity index (χ0) is 23.4. The number of sulfone groups is 1. The lowest BCUT2D eigenvalue weighted by molar-refractivity contribution is -0.137. The van der Waals surface area contributed by atoms with Crippen molar-refractivity contribution in [1.82, 2.24) is 0 Å². The molecule has 0 saturated heterocycles. The number of carbonyl (C=O) groups excluding carboxylic acids is 2. The molecule has 1 aliphatic heterocycles. The monoisotopic (exact) mass is 452 g/mol. The molecule has 0 spiro atoms. The smallest absolute Gasteiger partial charge is 0.416 e. The van der Waals surface area contributed by atoms with Crippen molar-refractivity contribution in [3.63, 3.8) is 0 Å². The maximum Gasteiger partial charge on any atom is 0.416 e. The first-order valence-electron chi connectivity index (χ1n) is 9.13. The summed E-state index contributed by atoms with van der Waals surface area (Å²) in [7, 11) is -3.47. The van der Waals surface area contributed by atoms with E-state index in [9.17, 15) is 31.2 Å². The van der Waals surface area contributed by atoms with Gasteiger partial charge in [-0.3, -0.25) is 9.59 Å². The summed E-state index contributed by atoms with van der Waals surface area (Å²) in [5.74, 6) is -1.12. The molecule has 164 valence electrons. The van der Waals surface area contributed by atoms with E-state index in [1.165, 1.54) is 44.2 Å². The molecular weight excluding hydrogens is 433 g/mol. The number of ether oxygens (including phenoxy) is 1. The Morgan fingerprint density at radius 1 is 1.00 bits per heavy atom. The Labute approximate surface area is 177 Å². The number of carbonyl (C=O) groups is 2. The number of ketones is 2. The first kappa shape index (κ1) is 22.7. The summed E-state index contributed by atoms with van der Waals surface area (Å²) in [6, 6.07) is 8.23. The molecule has 3 rings (SSSR count). The summed E-state index contributed by atoms with van der Waals surface area (Å²) < 4.78 is 69.5. The SMILES string of the molecule is CC(=O)c1cc(C2=C(c3ccc(S(C)(=O)=O)cc3)OC(C)(C)C2=O)cc(C(F)(F)F)c1. The number of hydrogen-bond donors (Lipinski definition) is 0. The maximum atomic E-state index is 13.4. The third-order valence-corrected chi connectivity index (χ3v) is 5.99. The van der Waals surface area contributed by atoms with Gasteiger partial charge in [0.15, 0.2) is 21.2 Å². The van der Waals surface area contributed by atoms with Gasteiger partial charge in [0.05, 0.1) is 16.0 Å². The van der Waals surface area contributed by atoms with E-state index in [0.717, 1.165) is 25.3 Å². The van der Waals surface area contributed by atoms with Crippen molar-refractivity contribution in [1.29, 1.82) is 0 Å². The van der Waals surface area contributed by atoms with Crippen LogP contribution in [0.4, 0.5) is 13.2 Å². The number of Topliss-reactive ketones (excluding diaryl/α,β-unsaturated/α-hetero) is 2. The van der Waals surface area contributed by atoms with Gasteiger partial charge < -0.3 is 4.74 Å². The first-order chi connectivity index (χ1) is 14.1. The Bertz CT molecular complexity index is 1220. The summed E-state index contributed by atoms with van der Waals surface area (Å²) in [5, 5.41) is 0. The van der Waals surface area contributed by atoms with E-state index < -0.39 is 38.7 Å². The number of rotatable bonds is 4. The molecule has 0 bridgehead atoms. The summed E-state index contributed by atoms with van der Waals surface area (Å²) in [6.45, 7) is 4.09. The Hall–Kier alpha value is -2.94. The second kappa shape index (κ2) is 7.33. The van der Waals surface area contributed by atoms with Crippen molar-refractivity contribution >= 4 is 32.7 Å². The van der Waals surface area contributed by atoms with Gasteiger partial charge in [-0.05, 0) is 68.8 Å². The van der Waals surface area contributed by atoms with E-state index in [0.29, 0.717) is 5.56 Å². The highest BCUT2D eigenvalue weighted by molar-refractivity contribution is 7.90. The highest BCUT2D eigenvalue weighted by Gasteiger charge is 2.43. The van der Waals surface area contributed by atoms with Gasteiger partial charge in [-0.2, -0.15) is 13.2 Å². The Morgan fingerprint density at radius 3 is 2.06 bits per heavy atom. The van der Waals surface area contributed by atoms with E-state index in [4.69, 9.17) is 4.74 Å². The minimum absolute atomic E-state index is 0.0175. The summed E-state index contributed by atoms with van der Waals surface area (Å²) in [4.78, 5) is 24.9. The standard InChI is InChI=1S/C22H19F3O5S/c1-12(26)14-9-15(11-16(10-14)22(23,24)25)18-19(30-21(2,3)20(18)27)13-5-7-17(8-6-13)31(4,28)29/h5-11H,1-4H3. The molecule has 1 aliphatic rings. The van der Waals surface area contributed by atoms with E-state index in [-0.39, 0.29) is 27.4 Å². The number of alkyl halides is 3. The maximum absolute atomic E-state index is 13.4. The van der Waals surface area contributed by atoms with Crippen molar-refractivity contribution < 1.29 is 35.9 Å². The Kier molecular flexibility index (Phi) is 5.38. The van der Waals surface area contributed by atoms with E-state index >= 15 is 0 Å². The Morgan fingerprint density at radius 2 is 1.58 bits per heavy atom. The molecule has 2 aromatic rings. The minimum atomic E-state index is -4.73. The van der Waals surface area contributed by atoms with Gasteiger partial charge in [0.25, 0.3) is 0 Å². The topological polar surface area (TPSA) is 77.5 Å².